The Morgan fingerprint density at radius 1 is 0.512 bits per heavy atom. The molecule has 0 aliphatic carbocycles. The molecular formula is C26H50O15Y2. The summed E-state index contributed by atoms with van der Waals surface area (Å²) in [6, 6.07) is 0. The predicted octanol–water partition coefficient (Wildman–Crippen LogP) is 3.98. The maximum absolute atomic E-state index is 11.6. The first-order valence-corrected chi connectivity index (χ1v) is 13.8. The van der Waals surface area contributed by atoms with Gasteiger partial charge in [-0.2, -0.15) is 0 Å². The van der Waals surface area contributed by atoms with Crippen LogP contribution in [0.15, 0.2) is 0 Å². The molecule has 0 spiro atoms. The van der Waals surface area contributed by atoms with Gasteiger partial charge >= 0.3 is 24.6 Å². The molecule has 250 valence electrons. The molecule has 15 nitrogen and oxygen atoms in total. The van der Waals surface area contributed by atoms with Crippen LogP contribution in [0.1, 0.15) is 68.2 Å². The molecule has 2 N–H and O–H groups in total. The van der Waals surface area contributed by atoms with Crippen LogP contribution in [0.25, 0.3) is 0 Å². The average Bonchev–Trinajstić information content (AvgIpc) is 2.96. The summed E-state index contributed by atoms with van der Waals surface area (Å²) < 4.78 is 43.3. The van der Waals surface area contributed by atoms with Crippen molar-refractivity contribution in [2.45, 2.75) is 92.6 Å². The van der Waals surface area contributed by atoms with E-state index in [1.54, 1.807) is 27.7 Å². The Labute approximate surface area is 305 Å². The van der Waals surface area contributed by atoms with E-state index < -0.39 is 49.0 Å². The minimum atomic E-state index is -1.00. The molecule has 17 heteroatoms. The van der Waals surface area contributed by atoms with Crippen molar-refractivity contribution in [3.8, 4) is 0 Å². The van der Waals surface area contributed by atoms with Gasteiger partial charge in [-0.1, -0.05) is 41.5 Å². The fourth-order valence-electron chi connectivity index (χ4n) is 2.01. The Morgan fingerprint density at radius 3 is 1.07 bits per heavy atom. The van der Waals surface area contributed by atoms with Gasteiger partial charge in [-0.3, -0.25) is 0 Å². The van der Waals surface area contributed by atoms with Crippen LogP contribution >= 0.6 is 0 Å². The molecule has 0 saturated carbocycles. The first kappa shape index (κ1) is 51.7. The maximum Gasteiger partial charge on any atom is 0.508 e. The second kappa shape index (κ2) is 37.4. The summed E-state index contributed by atoms with van der Waals surface area (Å²) >= 11 is 0. The van der Waals surface area contributed by atoms with Crippen molar-refractivity contribution < 1.29 is 137 Å². The van der Waals surface area contributed by atoms with Crippen molar-refractivity contribution in [1.29, 1.82) is 0 Å². The van der Waals surface area contributed by atoms with Crippen LogP contribution in [-0.2, 0) is 108 Å². The molecular weight excluding hydrogens is 730 g/mol. The van der Waals surface area contributed by atoms with Gasteiger partial charge in [0.1, 0.15) is 51.8 Å². The predicted molar refractivity (Wildman–Crippen MR) is 145 cm³/mol. The Bertz CT molecular complexity index is 616. The summed E-state index contributed by atoms with van der Waals surface area (Å²) in [5, 5.41) is 18.5. The van der Waals surface area contributed by atoms with E-state index in [2.05, 4.69) is 18.9 Å². The monoisotopic (exact) mass is 780 g/mol. The van der Waals surface area contributed by atoms with Gasteiger partial charge in [0.15, 0.2) is 0 Å². The summed E-state index contributed by atoms with van der Waals surface area (Å²) in [5.74, 6) is 0. The van der Waals surface area contributed by atoms with Gasteiger partial charge in [-0.25, -0.2) is 19.2 Å². The van der Waals surface area contributed by atoms with Crippen molar-refractivity contribution in [3.05, 3.63) is 0 Å². The molecule has 2 radical (unpaired) electrons. The number of ether oxygens (including phenoxy) is 9. The zero-order valence-corrected chi connectivity index (χ0v) is 32.4. The van der Waals surface area contributed by atoms with E-state index in [-0.39, 0.29) is 118 Å². The SMILES string of the molecule is CC.CC.CCC(O)COC(=O)OCCOC(=O)OC(C)COCC(C)OC(=O)OCCOC(=O)OCC(O)CC.[Y].[Y]. The molecule has 0 aromatic carbocycles. The molecule has 0 saturated heterocycles. The number of aliphatic hydroxyl groups is 2. The molecule has 0 aliphatic heterocycles. The van der Waals surface area contributed by atoms with Gasteiger partial charge in [0.05, 0.1) is 25.4 Å². The quantitative estimate of drug-likeness (QED) is 0.115. The maximum atomic E-state index is 11.6. The van der Waals surface area contributed by atoms with Gasteiger partial charge in [0.25, 0.3) is 0 Å². The van der Waals surface area contributed by atoms with Crippen molar-refractivity contribution in [3.63, 3.8) is 0 Å². The summed E-state index contributed by atoms with van der Waals surface area (Å²) in [6.07, 6.45) is -6.09. The van der Waals surface area contributed by atoms with E-state index in [1.807, 2.05) is 27.7 Å². The minimum absolute atomic E-state index is 0. The molecule has 43 heavy (non-hydrogen) atoms. The van der Waals surface area contributed by atoms with Crippen LogP contribution in [0.5, 0.6) is 0 Å². The fraction of sp³-hybridized carbons (Fsp3) is 0.846. The largest absolute Gasteiger partial charge is 0.508 e. The van der Waals surface area contributed by atoms with E-state index in [1.165, 1.54) is 0 Å². The fourth-order valence-corrected chi connectivity index (χ4v) is 2.01. The Kier molecular flexibility index (Phi) is 44.9. The first-order chi connectivity index (χ1) is 19.6. The normalized spacial score (nSPS) is 12.1. The van der Waals surface area contributed by atoms with Gasteiger partial charge < -0.3 is 52.8 Å². The standard InChI is InChI=1S/C22H38O15.2C2H6.2Y/c1-5-17(23)13-34-19(25)30-7-9-32-21(27)36-15(3)11-29-12-16(4)37-22(28)33-10-8-31-20(26)35-14-18(24)6-2;2*1-2;;/h15-18,23-24H,5-14H2,1-4H3;2*1-2H3;;. The van der Waals surface area contributed by atoms with Crippen molar-refractivity contribution >= 4 is 24.6 Å². The number of hydrogen-bond acceptors (Lipinski definition) is 15. The van der Waals surface area contributed by atoms with E-state index in [9.17, 15) is 29.4 Å². The molecule has 4 atom stereocenters. The van der Waals surface area contributed by atoms with E-state index >= 15 is 0 Å². The molecule has 0 bridgehead atoms. The van der Waals surface area contributed by atoms with E-state index in [0.29, 0.717) is 12.8 Å². The summed E-state index contributed by atoms with van der Waals surface area (Å²) in [4.78, 5) is 45.7. The van der Waals surface area contributed by atoms with Crippen molar-refractivity contribution in [2.24, 2.45) is 0 Å². The number of carbonyl (C=O) groups is 4. The van der Waals surface area contributed by atoms with Crippen LogP contribution < -0.4 is 0 Å². The molecule has 0 aromatic heterocycles. The van der Waals surface area contributed by atoms with Gasteiger partial charge in [-0.15, -0.1) is 0 Å². The average molecular weight is 780 g/mol. The van der Waals surface area contributed by atoms with Crippen LogP contribution in [0, 0.1) is 0 Å². The smallest absolute Gasteiger partial charge is 0.432 e. The molecule has 0 fully saturated rings. The summed E-state index contributed by atoms with van der Waals surface area (Å²) in [7, 11) is 0. The second-order valence-electron chi connectivity index (χ2n) is 7.53. The summed E-state index contributed by atoms with van der Waals surface area (Å²) in [6.45, 7) is 13.1. The Morgan fingerprint density at radius 2 is 0.791 bits per heavy atom. The molecule has 0 amide bonds. The third kappa shape index (κ3) is 37.3. The van der Waals surface area contributed by atoms with E-state index in [4.69, 9.17) is 23.7 Å². The third-order valence-corrected chi connectivity index (χ3v) is 4.08. The third-order valence-electron chi connectivity index (χ3n) is 4.08. The van der Waals surface area contributed by atoms with Crippen LogP contribution in [-0.4, -0.2) is 112 Å². The molecule has 4 unspecified atom stereocenters. The first-order valence-electron chi connectivity index (χ1n) is 13.8. The minimum Gasteiger partial charge on any atom is -0.432 e. The number of carbonyl (C=O) groups excluding carboxylic acids is 4. The number of hydrogen-bond donors (Lipinski definition) is 2. The van der Waals surface area contributed by atoms with Crippen LogP contribution in [0.3, 0.4) is 0 Å². The molecule has 0 aliphatic rings. The van der Waals surface area contributed by atoms with Crippen molar-refractivity contribution in [2.75, 3.05) is 52.9 Å². The zero-order chi connectivity index (χ0) is 32.1. The molecule has 0 aromatic rings. The van der Waals surface area contributed by atoms with Crippen LogP contribution in [0.4, 0.5) is 19.2 Å². The number of aliphatic hydroxyl groups excluding tert-OH is 2. The zero-order valence-electron chi connectivity index (χ0n) is 26.7. The molecule has 0 heterocycles. The van der Waals surface area contributed by atoms with Gasteiger partial charge in [0.2, 0.25) is 0 Å². The molecule has 0 rings (SSSR count). The van der Waals surface area contributed by atoms with Crippen LogP contribution in [0.2, 0.25) is 0 Å². The van der Waals surface area contributed by atoms with E-state index in [0.717, 1.165) is 0 Å². The Balaban J connectivity index is -0.000000766. The Hall–Kier alpha value is -0.832. The topological polar surface area (TPSA) is 192 Å². The second-order valence-corrected chi connectivity index (χ2v) is 7.53. The van der Waals surface area contributed by atoms with Gasteiger partial charge in [0, 0.05) is 65.4 Å². The van der Waals surface area contributed by atoms with Gasteiger partial charge in [-0.05, 0) is 26.7 Å². The number of rotatable bonds is 18. The summed E-state index contributed by atoms with van der Waals surface area (Å²) in [5.41, 5.74) is 0. The van der Waals surface area contributed by atoms with Crippen molar-refractivity contribution in [1.82, 2.24) is 0 Å².